The zero-order valence-corrected chi connectivity index (χ0v) is 9.57. The maximum Gasteiger partial charge on any atom is 0.225 e. The van der Waals surface area contributed by atoms with Gasteiger partial charge in [-0.3, -0.25) is 0 Å². The first-order valence-electron chi connectivity index (χ1n) is 5.73. The molecule has 88 valence electrons. The first-order chi connectivity index (χ1) is 7.88. The van der Waals surface area contributed by atoms with Crippen molar-refractivity contribution in [3.8, 4) is 5.88 Å². The average Bonchev–Trinajstić information content (AvgIpc) is 2.82. The van der Waals surface area contributed by atoms with Crippen molar-refractivity contribution >= 4 is 5.95 Å². The van der Waals surface area contributed by atoms with E-state index < -0.39 is 0 Å². The standard InChI is InChI=1S/C11H18N4O/c1-16-10-5-8-14-11(15-10)13-7-4-9-3-2-6-12-9/h5,8-9,12H,2-4,6-7H2,1H3,(H,13,14,15)/t9-/m1/s1. The van der Waals surface area contributed by atoms with Crippen LogP contribution in [0.15, 0.2) is 12.3 Å². The summed E-state index contributed by atoms with van der Waals surface area (Å²) in [5, 5.41) is 6.66. The summed E-state index contributed by atoms with van der Waals surface area (Å²) in [5.41, 5.74) is 0. The van der Waals surface area contributed by atoms with Gasteiger partial charge in [-0.05, 0) is 25.8 Å². The summed E-state index contributed by atoms with van der Waals surface area (Å²) in [6.07, 6.45) is 5.38. The molecule has 0 bridgehead atoms. The van der Waals surface area contributed by atoms with E-state index in [-0.39, 0.29) is 0 Å². The van der Waals surface area contributed by atoms with E-state index in [1.165, 1.54) is 12.8 Å². The van der Waals surface area contributed by atoms with Crippen LogP contribution in [0.1, 0.15) is 19.3 Å². The fourth-order valence-electron chi connectivity index (χ4n) is 1.90. The summed E-state index contributed by atoms with van der Waals surface area (Å²) < 4.78 is 5.03. The summed E-state index contributed by atoms with van der Waals surface area (Å²) in [6, 6.07) is 2.39. The molecule has 2 heterocycles. The molecule has 0 amide bonds. The Morgan fingerprint density at radius 2 is 2.56 bits per heavy atom. The molecule has 1 aliphatic heterocycles. The predicted molar refractivity (Wildman–Crippen MR) is 62.7 cm³/mol. The quantitative estimate of drug-likeness (QED) is 0.779. The highest BCUT2D eigenvalue weighted by Gasteiger charge is 2.13. The minimum Gasteiger partial charge on any atom is -0.481 e. The molecule has 16 heavy (non-hydrogen) atoms. The Morgan fingerprint density at radius 1 is 1.62 bits per heavy atom. The molecule has 2 N–H and O–H groups in total. The Labute approximate surface area is 95.6 Å². The highest BCUT2D eigenvalue weighted by Crippen LogP contribution is 2.10. The third-order valence-corrected chi connectivity index (χ3v) is 2.78. The lowest BCUT2D eigenvalue weighted by Crippen LogP contribution is -2.24. The SMILES string of the molecule is COc1ccnc(NCC[C@H]2CCCN2)n1. The first-order valence-corrected chi connectivity index (χ1v) is 5.73. The van der Waals surface area contributed by atoms with E-state index in [1.807, 2.05) is 0 Å². The lowest BCUT2D eigenvalue weighted by molar-refractivity contribution is 0.397. The molecule has 1 aliphatic rings. The second-order valence-corrected chi connectivity index (χ2v) is 3.93. The van der Waals surface area contributed by atoms with Gasteiger partial charge in [0.05, 0.1) is 7.11 Å². The maximum absolute atomic E-state index is 5.03. The molecule has 1 aromatic rings. The molecule has 1 atom stereocenters. The fraction of sp³-hybridized carbons (Fsp3) is 0.636. The molecule has 0 spiro atoms. The Bertz CT molecular complexity index is 326. The van der Waals surface area contributed by atoms with Crippen molar-refractivity contribution in [1.29, 1.82) is 0 Å². The van der Waals surface area contributed by atoms with Gasteiger partial charge in [-0.2, -0.15) is 4.98 Å². The predicted octanol–water partition coefficient (Wildman–Crippen LogP) is 1.04. The minimum atomic E-state index is 0.594. The zero-order valence-electron chi connectivity index (χ0n) is 9.57. The van der Waals surface area contributed by atoms with E-state index in [0.717, 1.165) is 19.5 Å². The molecule has 5 heteroatoms. The Kier molecular flexibility index (Phi) is 3.93. The molecule has 5 nitrogen and oxygen atoms in total. The number of nitrogens with zero attached hydrogens (tertiary/aromatic N) is 2. The van der Waals surface area contributed by atoms with Crippen LogP contribution in [0.5, 0.6) is 5.88 Å². The van der Waals surface area contributed by atoms with Crippen molar-refractivity contribution in [3.63, 3.8) is 0 Å². The van der Waals surface area contributed by atoms with E-state index in [2.05, 4.69) is 20.6 Å². The normalized spacial score (nSPS) is 19.7. The van der Waals surface area contributed by atoms with Crippen LogP contribution >= 0.6 is 0 Å². The van der Waals surface area contributed by atoms with Crippen LogP contribution < -0.4 is 15.4 Å². The second kappa shape index (κ2) is 5.65. The molecule has 1 aromatic heterocycles. The minimum absolute atomic E-state index is 0.594. The Hall–Kier alpha value is -1.36. The summed E-state index contributed by atoms with van der Waals surface area (Å²) in [7, 11) is 1.61. The molecule has 0 saturated carbocycles. The Morgan fingerprint density at radius 3 is 3.31 bits per heavy atom. The monoisotopic (exact) mass is 222 g/mol. The van der Waals surface area contributed by atoms with Gasteiger partial charge in [0, 0.05) is 24.8 Å². The van der Waals surface area contributed by atoms with E-state index in [0.29, 0.717) is 17.9 Å². The van der Waals surface area contributed by atoms with Crippen molar-refractivity contribution in [2.24, 2.45) is 0 Å². The second-order valence-electron chi connectivity index (χ2n) is 3.93. The van der Waals surface area contributed by atoms with E-state index in [9.17, 15) is 0 Å². The van der Waals surface area contributed by atoms with Crippen molar-refractivity contribution in [2.45, 2.75) is 25.3 Å². The summed E-state index contributed by atoms with van der Waals surface area (Å²) >= 11 is 0. The number of nitrogens with one attached hydrogen (secondary N) is 2. The fourth-order valence-corrected chi connectivity index (χ4v) is 1.90. The van der Waals surface area contributed by atoms with Crippen molar-refractivity contribution in [1.82, 2.24) is 15.3 Å². The molecule has 1 fully saturated rings. The van der Waals surface area contributed by atoms with Gasteiger partial charge in [0.15, 0.2) is 0 Å². The van der Waals surface area contributed by atoms with E-state index in [4.69, 9.17) is 4.74 Å². The summed E-state index contributed by atoms with van der Waals surface area (Å²) in [6.45, 7) is 2.05. The molecule has 0 aromatic carbocycles. The van der Waals surface area contributed by atoms with Gasteiger partial charge < -0.3 is 15.4 Å². The van der Waals surface area contributed by atoms with Gasteiger partial charge in [-0.25, -0.2) is 4.98 Å². The lowest BCUT2D eigenvalue weighted by Gasteiger charge is -2.10. The Balaban J connectivity index is 1.75. The van der Waals surface area contributed by atoms with Crippen LogP contribution in [0.2, 0.25) is 0 Å². The van der Waals surface area contributed by atoms with Crippen LogP contribution in [-0.2, 0) is 0 Å². The van der Waals surface area contributed by atoms with E-state index in [1.54, 1.807) is 19.4 Å². The van der Waals surface area contributed by atoms with Gasteiger partial charge >= 0.3 is 0 Å². The molecule has 0 aliphatic carbocycles. The number of methoxy groups -OCH3 is 1. The van der Waals surface area contributed by atoms with Gasteiger partial charge in [0.2, 0.25) is 11.8 Å². The molecule has 0 unspecified atom stereocenters. The highest BCUT2D eigenvalue weighted by molar-refractivity contribution is 5.27. The molecule has 0 radical (unpaired) electrons. The molecule has 2 rings (SSSR count). The van der Waals surface area contributed by atoms with Crippen molar-refractivity contribution in [3.05, 3.63) is 12.3 Å². The number of hydrogen-bond donors (Lipinski definition) is 2. The smallest absolute Gasteiger partial charge is 0.225 e. The van der Waals surface area contributed by atoms with Gasteiger partial charge in [-0.1, -0.05) is 0 Å². The summed E-state index contributed by atoms with van der Waals surface area (Å²) in [5.74, 6) is 1.23. The topological polar surface area (TPSA) is 59.1 Å². The highest BCUT2D eigenvalue weighted by atomic mass is 16.5. The largest absolute Gasteiger partial charge is 0.481 e. The number of rotatable bonds is 5. The first kappa shape index (κ1) is 11.1. The van der Waals surface area contributed by atoms with Crippen molar-refractivity contribution in [2.75, 3.05) is 25.5 Å². The average molecular weight is 222 g/mol. The third kappa shape index (κ3) is 3.06. The zero-order chi connectivity index (χ0) is 11.2. The van der Waals surface area contributed by atoms with Crippen LogP contribution in [0, 0.1) is 0 Å². The van der Waals surface area contributed by atoms with Crippen molar-refractivity contribution < 1.29 is 4.74 Å². The van der Waals surface area contributed by atoms with Crippen LogP contribution in [0.4, 0.5) is 5.95 Å². The van der Waals surface area contributed by atoms with Crippen LogP contribution in [0.3, 0.4) is 0 Å². The van der Waals surface area contributed by atoms with E-state index >= 15 is 0 Å². The molecular weight excluding hydrogens is 204 g/mol. The van der Waals surface area contributed by atoms with Gasteiger partial charge in [-0.15, -0.1) is 0 Å². The van der Waals surface area contributed by atoms with Crippen LogP contribution in [-0.4, -0.2) is 36.2 Å². The molecular formula is C11H18N4O. The number of ether oxygens (including phenoxy) is 1. The summed E-state index contributed by atoms with van der Waals surface area (Å²) in [4.78, 5) is 8.32. The number of anilines is 1. The van der Waals surface area contributed by atoms with Crippen LogP contribution in [0.25, 0.3) is 0 Å². The number of aromatic nitrogens is 2. The maximum atomic E-state index is 5.03. The third-order valence-electron chi connectivity index (χ3n) is 2.78. The number of hydrogen-bond acceptors (Lipinski definition) is 5. The lowest BCUT2D eigenvalue weighted by atomic mass is 10.1. The van der Waals surface area contributed by atoms with Gasteiger partial charge in [0.25, 0.3) is 0 Å². The van der Waals surface area contributed by atoms with Gasteiger partial charge in [0.1, 0.15) is 0 Å². The molecule has 1 saturated heterocycles.